The number of benzene rings is 1. The third kappa shape index (κ3) is 1.99. The number of imidazole rings is 1. The monoisotopic (exact) mass is 267 g/mol. The van der Waals surface area contributed by atoms with E-state index in [0.29, 0.717) is 11.2 Å². The van der Waals surface area contributed by atoms with Gasteiger partial charge in [0.2, 0.25) is 0 Å². The van der Waals surface area contributed by atoms with Gasteiger partial charge in [0.05, 0.1) is 18.4 Å². The quantitative estimate of drug-likeness (QED) is 0.790. The summed E-state index contributed by atoms with van der Waals surface area (Å²) in [6.45, 7) is 0. The van der Waals surface area contributed by atoms with Crippen LogP contribution in [-0.4, -0.2) is 22.4 Å². The second-order valence-corrected chi connectivity index (χ2v) is 4.38. The number of carbonyl (C=O) groups excluding carboxylic acids is 1. The van der Waals surface area contributed by atoms with Crippen LogP contribution in [0.4, 0.5) is 0 Å². The van der Waals surface area contributed by atoms with Gasteiger partial charge in [-0.2, -0.15) is 0 Å². The van der Waals surface area contributed by atoms with E-state index in [-0.39, 0.29) is 0 Å². The van der Waals surface area contributed by atoms with Crippen molar-refractivity contribution in [1.29, 1.82) is 0 Å². The van der Waals surface area contributed by atoms with Crippen molar-refractivity contribution in [3.8, 4) is 17.0 Å². The minimum atomic E-state index is -0.488. The fourth-order valence-electron chi connectivity index (χ4n) is 2.13. The summed E-state index contributed by atoms with van der Waals surface area (Å²) in [5, 5.41) is 0. The molecule has 0 fully saturated rings. The summed E-state index contributed by atoms with van der Waals surface area (Å²) in [5.41, 5.74) is 8.00. The maximum absolute atomic E-state index is 11.4. The molecular weight excluding hydrogens is 254 g/mol. The molecule has 0 saturated carbocycles. The lowest BCUT2D eigenvalue weighted by Crippen LogP contribution is -2.12. The van der Waals surface area contributed by atoms with E-state index in [0.717, 1.165) is 17.0 Å². The Bertz CT molecular complexity index is 793. The highest BCUT2D eigenvalue weighted by atomic mass is 16.5. The number of amides is 1. The van der Waals surface area contributed by atoms with Crippen LogP contribution in [0.2, 0.25) is 0 Å². The van der Waals surface area contributed by atoms with Crippen molar-refractivity contribution in [3.63, 3.8) is 0 Å². The van der Waals surface area contributed by atoms with E-state index in [1.54, 1.807) is 23.6 Å². The SMILES string of the molecule is COc1cccc(-c2cn3cccc(C(N)=O)c3n2)c1. The molecule has 5 nitrogen and oxygen atoms in total. The molecule has 0 aliphatic heterocycles. The van der Waals surface area contributed by atoms with Crippen molar-refractivity contribution in [1.82, 2.24) is 9.38 Å². The highest BCUT2D eigenvalue weighted by molar-refractivity contribution is 5.98. The number of fused-ring (bicyclic) bond motifs is 1. The molecule has 0 atom stereocenters. The zero-order chi connectivity index (χ0) is 14.1. The molecule has 0 bridgehead atoms. The second-order valence-electron chi connectivity index (χ2n) is 4.38. The number of nitrogens with zero attached hydrogens (tertiary/aromatic N) is 2. The normalized spacial score (nSPS) is 10.7. The zero-order valence-corrected chi connectivity index (χ0v) is 10.9. The van der Waals surface area contributed by atoms with Crippen LogP contribution in [0.3, 0.4) is 0 Å². The molecule has 0 radical (unpaired) electrons. The topological polar surface area (TPSA) is 69.6 Å². The molecule has 2 aromatic heterocycles. The van der Waals surface area contributed by atoms with Gasteiger partial charge in [-0.05, 0) is 24.3 Å². The lowest BCUT2D eigenvalue weighted by atomic mass is 10.1. The lowest BCUT2D eigenvalue weighted by molar-refractivity contribution is 0.100. The molecule has 0 saturated heterocycles. The summed E-state index contributed by atoms with van der Waals surface area (Å²) in [6, 6.07) is 11.0. The molecule has 20 heavy (non-hydrogen) atoms. The minimum absolute atomic E-state index is 0.404. The first-order chi connectivity index (χ1) is 9.69. The Hall–Kier alpha value is -2.82. The summed E-state index contributed by atoms with van der Waals surface area (Å²) < 4.78 is 6.99. The van der Waals surface area contributed by atoms with Crippen molar-refractivity contribution in [3.05, 3.63) is 54.4 Å². The van der Waals surface area contributed by atoms with Gasteiger partial charge in [-0.15, -0.1) is 0 Å². The van der Waals surface area contributed by atoms with Crippen molar-refractivity contribution >= 4 is 11.6 Å². The van der Waals surface area contributed by atoms with Crippen LogP contribution in [-0.2, 0) is 0 Å². The average Bonchev–Trinajstić information content (AvgIpc) is 2.91. The maximum Gasteiger partial charge on any atom is 0.252 e. The van der Waals surface area contributed by atoms with E-state index >= 15 is 0 Å². The van der Waals surface area contributed by atoms with Crippen LogP contribution in [0, 0.1) is 0 Å². The van der Waals surface area contributed by atoms with Crippen LogP contribution in [0.1, 0.15) is 10.4 Å². The van der Waals surface area contributed by atoms with Gasteiger partial charge in [0.25, 0.3) is 5.91 Å². The Morgan fingerprint density at radius 2 is 2.15 bits per heavy atom. The van der Waals surface area contributed by atoms with Crippen molar-refractivity contribution in [2.45, 2.75) is 0 Å². The number of ether oxygens (including phenoxy) is 1. The fourth-order valence-corrected chi connectivity index (χ4v) is 2.13. The molecule has 3 aromatic rings. The van der Waals surface area contributed by atoms with E-state index in [1.165, 1.54) is 0 Å². The van der Waals surface area contributed by atoms with Gasteiger partial charge in [-0.25, -0.2) is 4.98 Å². The molecule has 100 valence electrons. The van der Waals surface area contributed by atoms with Gasteiger partial charge in [0.15, 0.2) is 0 Å². The van der Waals surface area contributed by atoms with Gasteiger partial charge < -0.3 is 14.9 Å². The highest BCUT2D eigenvalue weighted by Crippen LogP contribution is 2.24. The standard InChI is InChI=1S/C15H13N3O2/c1-20-11-5-2-4-10(8-11)13-9-18-7-3-6-12(14(16)19)15(18)17-13/h2-9H,1H3,(H2,16,19). The van der Waals surface area contributed by atoms with Gasteiger partial charge >= 0.3 is 0 Å². The summed E-state index contributed by atoms with van der Waals surface area (Å²) in [5.74, 6) is 0.271. The van der Waals surface area contributed by atoms with E-state index in [9.17, 15) is 4.79 Å². The average molecular weight is 267 g/mol. The van der Waals surface area contributed by atoms with Crippen LogP contribution >= 0.6 is 0 Å². The number of hydrogen-bond donors (Lipinski definition) is 1. The molecule has 2 heterocycles. The first-order valence-electron chi connectivity index (χ1n) is 6.11. The number of methoxy groups -OCH3 is 1. The van der Waals surface area contributed by atoms with Crippen LogP contribution in [0.15, 0.2) is 48.8 Å². The predicted octanol–water partition coefficient (Wildman–Crippen LogP) is 2.11. The van der Waals surface area contributed by atoms with E-state index in [2.05, 4.69) is 4.98 Å². The summed E-state index contributed by atoms with van der Waals surface area (Å²) >= 11 is 0. The lowest BCUT2D eigenvalue weighted by Gasteiger charge is -2.01. The number of nitrogens with two attached hydrogens (primary N) is 1. The molecule has 0 aliphatic carbocycles. The number of hydrogen-bond acceptors (Lipinski definition) is 3. The molecule has 3 rings (SSSR count). The van der Waals surface area contributed by atoms with Gasteiger partial charge in [0.1, 0.15) is 11.4 Å². The van der Waals surface area contributed by atoms with Crippen molar-refractivity contribution in [2.24, 2.45) is 5.73 Å². The maximum atomic E-state index is 11.4. The Morgan fingerprint density at radius 3 is 2.90 bits per heavy atom. The predicted molar refractivity (Wildman–Crippen MR) is 75.7 cm³/mol. The van der Waals surface area contributed by atoms with Gasteiger partial charge in [0, 0.05) is 18.0 Å². The van der Waals surface area contributed by atoms with Crippen LogP contribution < -0.4 is 10.5 Å². The minimum Gasteiger partial charge on any atom is -0.497 e. The Kier molecular flexibility index (Phi) is 2.87. The van der Waals surface area contributed by atoms with E-state index < -0.39 is 5.91 Å². The third-order valence-electron chi connectivity index (χ3n) is 3.11. The van der Waals surface area contributed by atoms with Crippen LogP contribution in [0.25, 0.3) is 16.9 Å². The fraction of sp³-hybridized carbons (Fsp3) is 0.0667. The molecule has 0 aliphatic rings. The number of aromatic nitrogens is 2. The number of rotatable bonds is 3. The van der Waals surface area contributed by atoms with E-state index in [1.807, 2.05) is 36.7 Å². The molecular formula is C15H13N3O2. The highest BCUT2D eigenvalue weighted by Gasteiger charge is 2.11. The molecule has 1 aromatic carbocycles. The molecule has 1 amide bonds. The number of pyridine rings is 1. The van der Waals surface area contributed by atoms with Crippen LogP contribution in [0.5, 0.6) is 5.75 Å². The largest absolute Gasteiger partial charge is 0.497 e. The van der Waals surface area contributed by atoms with Gasteiger partial charge in [-0.3, -0.25) is 4.79 Å². The Labute approximate surface area is 115 Å². The van der Waals surface area contributed by atoms with E-state index in [4.69, 9.17) is 10.5 Å². The third-order valence-corrected chi connectivity index (χ3v) is 3.11. The zero-order valence-electron chi connectivity index (χ0n) is 10.9. The molecule has 2 N–H and O–H groups in total. The molecule has 0 spiro atoms. The summed E-state index contributed by atoms with van der Waals surface area (Å²) in [7, 11) is 1.62. The molecule has 5 heteroatoms. The van der Waals surface area contributed by atoms with Crippen molar-refractivity contribution < 1.29 is 9.53 Å². The Morgan fingerprint density at radius 1 is 1.30 bits per heavy atom. The summed E-state index contributed by atoms with van der Waals surface area (Å²) in [6.07, 6.45) is 3.69. The number of primary amides is 1. The second kappa shape index (κ2) is 4.70. The van der Waals surface area contributed by atoms with Gasteiger partial charge in [-0.1, -0.05) is 12.1 Å². The first-order valence-corrected chi connectivity index (χ1v) is 6.11. The smallest absolute Gasteiger partial charge is 0.252 e. The Balaban J connectivity index is 2.17. The summed E-state index contributed by atoms with van der Waals surface area (Å²) in [4.78, 5) is 15.9. The first kappa shape index (κ1) is 12.2. The number of carbonyl (C=O) groups is 1. The van der Waals surface area contributed by atoms with Crippen molar-refractivity contribution in [2.75, 3.05) is 7.11 Å². The molecule has 0 unspecified atom stereocenters.